The van der Waals surface area contributed by atoms with Crippen molar-refractivity contribution in [3.63, 3.8) is 0 Å². The van der Waals surface area contributed by atoms with Gasteiger partial charge in [-0.3, -0.25) is 0 Å². The topological polar surface area (TPSA) is 71.8 Å². The van der Waals surface area contributed by atoms with Gasteiger partial charge < -0.3 is 19.7 Å². The number of aliphatic hydroxyl groups excluding tert-OH is 1. The molecular formula is C13H20ClNO4. The van der Waals surface area contributed by atoms with E-state index in [0.717, 1.165) is 0 Å². The van der Waals surface area contributed by atoms with Crippen molar-refractivity contribution in [2.24, 2.45) is 0 Å². The van der Waals surface area contributed by atoms with Crippen molar-refractivity contribution < 1.29 is 19.7 Å². The fourth-order valence-electron chi connectivity index (χ4n) is 1.83. The predicted molar refractivity (Wildman–Crippen MR) is 72.5 cm³/mol. The Balaban J connectivity index is 3.65. The molecule has 6 heteroatoms. The van der Waals surface area contributed by atoms with Crippen molar-refractivity contribution >= 4 is 11.6 Å². The summed E-state index contributed by atoms with van der Waals surface area (Å²) in [5.74, 6) is 0.267. The zero-order valence-corrected chi connectivity index (χ0v) is 12.6. The van der Waals surface area contributed by atoms with Crippen LogP contribution in [0.25, 0.3) is 0 Å². The molecule has 1 aromatic heterocycles. The van der Waals surface area contributed by atoms with Gasteiger partial charge in [0.25, 0.3) is 0 Å². The standard InChI is InChI=1S/C13H20ClNO4/c1-12(2,19-5)10-8(13(3,17)7-16)6-9(14)15-11(10)18-4/h6,16-17H,7H2,1-5H3. The minimum Gasteiger partial charge on any atom is -0.481 e. The normalized spacial score (nSPS) is 15.2. The first kappa shape index (κ1) is 16.2. The van der Waals surface area contributed by atoms with E-state index in [1.165, 1.54) is 20.1 Å². The first-order valence-corrected chi connectivity index (χ1v) is 6.21. The van der Waals surface area contributed by atoms with Gasteiger partial charge in [0.2, 0.25) is 5.88 Å². The molecule has 0 spiro atoms. The molecule has 0 radical (unpaired) electrons. The zero-order chi connectivity index (χ0) is 14.8. The van der Waals surface area contributed by atoms with Crippen LogP contribution in [0.2, 0.25) is 5.15 Å². The number of methoxy groups -OCH3 is 2. The lowest BCUT2D eigenvalue weighted by atomic mass is 9.85. The van der Waals surface area contributed by atoms with E-state index in [-0.39, 0.29) is 11.0 Å². The Morgan fingerprint density at radius 2 is 1.89 bits per heavy atom. The Morgan fingerprint density at radius 3 is 2.32 bits per heavy atom. The zero-order valence-electron chi connectivity index (χ0n) is 11.8. The summed E-state index contributed by atoms with van der Waals surface area (Å²) in [7, 11) is 3.01. The quantitative estimate of drug-likeness (QED) is 0.809. The lowest BCUT2D eigenvalue weighted by molar-refractivity contribution is -0.0169. The Labute approximate surface area is 118 Å². The average Bonchev–Trinajstić information content (AvgIpc) is 2.37. The van der Waals surface area contributed by atoms with E-state index in [4.69, 9.17) is 21.1 Å². The highest BCUT2D eigenvalue weighted by Crippen LogP contribution is 2.39. The van der Waals surface area contributed by atoms with Gasteiger partial charge in [-0.15, -0.1) is 0 Å². The lowest BCUT2D eigenvalue weighted by Crippen LogP contribution is -2.33. The number of pyridine rings is 1. The van der Waals surface area contributed by atoms with E-state index in [1.807, 2.05) is 13.8 Å². The van der Waals surface area contributed by atoms with Crippen LogP contribution in [0.15, 0.2) is 6.07 Å². The molecule has 1 unspecified atom stereocenters. The van der Waals surface area contributed by atoms with Gasteiger partial charge in [-0.25, -0.2) is 4.98 Å². The maximum atomic E-state index is 10.3. The Hall–Kier alpha value is -0.880. The molecule has 108 valence electrons. The molecule has 0 aliphatic carbocycles. The minimum atomic E-state index is -1.47. The molecule has 1 rings (SSSR count). The molecule has 0 bridgehead atoms. The second kappa shape index (κ2) is 5.63. The molecule has 2 N–H and O–H groups in total. The van der Waals surface area contributed by atoms with E-state index in [0.29, 0.717) is 11.1 Å². The van der Waals surface area contributed by atoms with Crippen molar-refractivity contribution in [1.82, 2.24) is 4.98 Å². The van der Waals surface area contributed by atoms with E-state index in [2.05, 4.69) is 4.98 Å². The van der Waals surface area contributed by atoms with Crippen LogP contribution < -0.4 is 4.74 Å². The van der Waals surface area contributed by atoms with Crippen molar-refractivity contribution in [2.45, 2.75) is 32.0 Å². The van der Waals surface area contributed by atoms with Gasteiger partial charge in [-0.2, -0.15) is 0 Å². The number of hydrogen-bond acceptors (Lipinski definition) is 5. The summed E-state index contributed by atoms with van der Waals surface area (Å²) in [6.45, 7) is 4.67. The molecular weight excluding hydrogens is 270 g/mol. The smallest absolute Gasteiger partial charge is 0.221 e. The second-order valence-electron chi connectivity index (χ2n) is 5.02. The fourth-order valence-corrected chi connectivity index (χ4v) is 2.02. The van der Waals surface area contributed by atoms with E-state index in [9.17, 15) is 10.2 Å². The van der Waals surface area contributed by atoms with Crippen LogP contribution in [0.4, 0.5) is 0 Å². The third-order valence-corrected chi connectivity index (χ3v) is 3.34. The summed E-state index contributed by atoms with van der Waals surface area (Å²) in [6, 6.07) is 1.51. The number of nitrogens with zero attached hydrogens (tertiary/aromatic N) is 1. The van der Waals surface area contributed by atoms with Gasteiger partial charge in [0, 0.05) is 12.7 Å². The number of rotatable bonds is 5. The largest absolute Gasteiger partial charge is 0.481 e. The Morgan fingerprint density at radius 1 is 1.32 bits per heavy atom. The minimum absolute atomic E-state index is 0.177. The molecule has 19 heavy (non-hydrogen) atoms. The number of ether oxygens (including phenoxy) is 2. The highest BCUT2D eigenvalue weighted by Gasteiger charge is 2.36. The maximum absolute atomic E-state index is 10.3. The van der Waals surface area contributed by atoms with Gasteiger partial charge in [0.15, 0.2) is 0 Å². The molecule has 0 aliphatic heterocycles. The lowest BCUT2D eigenvalue weighted by Gasteiger charge is -2.32. The van der Waals surface area contributed by atoms with Crippen LogP contribution >= 0.6 is 11.6 Å². The average molecular weight is 290 g/mol. The van der Waals surface area contributed by atoms with Crippen molar-refractivity contribution in [2.75, 3.05) is 20.8 Å². The third kappa shape index (κ3) is 3.17. The van der Waals surface area contributed by atoms with Crippen LogP contribution in [-0.2, 0) is 15.9 Å². The SMILES string of the molecule is COc1nc(Cl)cc(C(C)(O)CO)c1C(C)(C)OC. The second-order valence-corrected chi connectivity index (χ2v) is 5.41. The molecule has 0 saturated heterocycles. The van der Waals surface area contributed by atoms with Crippen LogP contribution in [0.1, 0.15) is 31.9 Å². The van der Waals surface area contributed by atoms with Crippen molar-refractivity contribution in [3.8, 4) is 5.88 Å². The number of hydrogen-bond donors (Lipinski definition) is 2. The first-order valence-electron chi connectivity index (χ1n) is 5.83. The van der Waals surface area contributed by atoms with E-state index >= 15 is 0 Å². The fraction of sp³-hybridized carbons (Fsp3) is 0.615. The molecule has 0 amide bonds. The number of aromatic nitrogens is 1. The van der Waals surface area contributed by atoms with Gasteiger partial charge in [0.05, 0.1) is 24.9 Å². The summed E-state index contributed by atoms with van der Waals surface area (Å²) in [5.41, 5.74) is -1.23. The Kier molecular flexibility index (Phi) is 4.79. The molecule has 5 nitrogen and oxygen atoms in total. The third-order valence-electron chi connectivity index (χ3n) is 3.15. The van der Waals surface area contributed by atoms with Gasteiger partial charge in [-0.05, 0) is 26.8 Å². The van der Waals surface area contributed by atoms with Gasteiger partial charge in [-0.1, -0.05) is 11.6 Å². The molecule has 1 aromatic rings. The number of aliphatic hydroxyl groups is 2. The molecule has 1 atom stereocenters. The summed E-state index contributed by atoms with van der Waals surface area (Å²) in [5, 5.41) is 19.9. The van der Waals surface area contributed by atoms with Crippen molar-refractivity contribution in [3.05, 3.63) is 22.3 Å². The molecule has 1 heterocycles. The van der Waals surface area contributed by atoms with Crippen LogP contribution in [0.5, 0.6) is 5.88 Å². The summed E-state index contributed by atoms with van der Waals surface area (Å²) >= 11 is 5.93. The van der Waals surface area contributed by atoms with Crippen molar-refractivity contribution in [1.29, 1.82) is 0 Å². The van der Waals surface area contributed by atoms with Crippen LogP contribution in [0.3, 0.4) is 0 Å². The highest BCUT2D eigenvalue weighted by atomic mass is 35.5. The molecule has 0 fully saturated rings. The van der Waals surface area contributed by atoms with Crippen LogP contribution in [-0.4, -0.2) is 36.0 Å². The summed E-state index contributed by atoms with van der Waals surface area (Å²) in [6.07, 6.45) is 0. The monoisotopic (exact) mass is 289 g/mol. The molecule has 0 aromatic carbocycles. The van der Waals surface area contributed by atoms with E-state index in [1.54, 1.807) is 7.11 Å². The first-order chi connectivity index (χ1) is 8.69. The van der Waals surface area contributed by atoms with Crippen LogP contribution in [0, 0.1) is 0 Å². The van der Waals surface area contributed by atoms with Gasteiger partial charge in [0.1, 0.15) is 10.8 Å². The molecule has 0 aliphatic rings. The van der Waals surface area contributed by atoms with E-state index < -0.39 is 17.8 Å². The molecule has 0 saturated carbocycles. The summed E-state index contributed by atoms with van der Waals surface area (Å²) in [4.78, 5) is 4.08. The van der Waals surface area contributed by atoms with Gasteiger partial charge >= 0.3 is 0 Å². The number of halogens is 1. The maximum Gasteiger partial charge on any atom is 0.221 e. The Bertz CT molecular complexity index is 460. The summed E-state index contributed by atoms with van der Waals surface area (Å²) < 4.78 is 10.7. The predicted octanol–water partition coefficient (Wildman–Crippen LogP) is 1.82. The highest BCUT2D eigenvalue weighted by molar-refractivity contribution is 6.29.